The number of nitrogens with zero attached hydrogens (tertiary/aromatic N) is 2. The number of carbonyl (C=O) groups is 2. The summed E-state index contributed by atoms with van der Waals surface area (Å²) < 4.78 is 0. The molecule has 0 saturated carbocycles. The molecule has 2 atom stereocenters. The number of anilines is 1. The van der Waals surface area contributed by atoms with Gasteiger partial charge in [0.1, 0.15) is 0 Å². The van der Waals surface area contributed by atoms with Gasteiger partial charge >= 0.3 is 0 Å². The van der Waals surface area contributed by atoms with Crippen molar-refractivity contribution < 1.29 is 9.59 Å². The second-order valence-corrected chi connectivity index (χ2v) is 7.05. The summed E-state index contributed by atoms with van der Waals surface area (Å²) in [5, 5.41) is 0. The molecule has 2 aliphatic rings. The van der Waals surface area contributed by atoms with Crippen LogP contribution in [0.2, 0.25) is 0 Å². The molecule has 3 rings (SSSR count). The van der Waals surface area contributed by atoms with Gasteiger partial charge in [-0.3, -0.25) is 9.59 Å². The Morgan fingerprint density at radius 1 is 1.25 bits per heavy atom. The van der Waals surface area contributed by atoms with Gasteiger partial charge in [0.05, 0.1) is 0 Å². The van der Waals surface area contributed by atoms with E-state index in [1.807, 2.05) is 28.0 Å². The predicted molar refractivity (Wildman–Crippen MR) is 94.6 cm³/mol. The Morgan fingerprint density at radius 3 is 2.79 bits per heavy atom. The lowest BCUT2D eigenvalue weighted by molar-refractivity contribution is -0.130. The lowest BCUT2D eigenvalue weighted by atomic mass is 9.99. The Morgan fingerprint density at radius 2 is 2.04 bits per heavy atom. The molecule has 0 unspecified atom stereocenters. The highest BCUT2D eigenvalue weighted by atomic mass is 16.2. The molecule has 2 N–H and O–H groups in total. The van der Waals surface area contributed by atoms with E-state index < -0.39 is 0 Å². The fourth-order valence-electron chi connectivity index (χ4n) is 3.83. The first-order valence-corrected chi connectivity index (χ1v) is 8.96. The average Bonchev–Trinajstić information content (AvgIpc) is 2.97. The van der Waals surface area contributed by atoms with Gasteiger partial charge in [0.2, 0.25) is 11.8 Å². The largest absolute Gasteiger partial charge is 0.342 e. The second kappa shape index (κ2) is 7.34. The number of fused-ring (bicyclic) bond motifs is 1. The van der Waals surface area contributed by atoms with E-state index in [4.69, 9.17) is 5.73 Å². The van der Waals surface area contributed by atoms with Gasteiger partial charge in [-0.2, -0.15) is 0 Å². The maximum Gasteiger partial charge on any atom is 0.227 e. The second-order valence-electron chi connectivity index (χ2n) is 7.05. The van der Waals surface area contributed by atoms with Crippen LogP contribution < -0.4 is 10.6 Å². The zero-order valence-electron chi connectivity index (χ0n) is 14.4. The van der Waals surface area contributed by atoms with Gasteiger partial charge in [-0.25, -0.2) is 0 Å². The molecule has 2 heterocycles. The number of hydrogen-bond donors (Lipinski definition) is 1. The number of benzene rings is 1. The van der Waals surface area contributed by atoms with Gasteiger partial charge in [-0.05, 0) is 42.9 Å². The maximum atomic E-state index is 12.4. The third-order valence-corrected chi connectivity index (χ3v) is 5.39. The van der Waals surface area contributed by atoms with Crippen LogP contribution in [-0.4, -0.2) is 42.9 Å². The van der Waals surface area contributed by atoms with Gasteiger partial charge < -0.3 is 15.5 Å². The summed E-state index contributed by atoms with van der Waals surface area (Å²) in [7, 11) is 0. The molecule has 2 aliphatic heterocycles. The van der Waals surface area contributed by atoms with Crippen LogP contribution in [0.4, 0.5) is 5.69 Å². The van der Waals surface area contributed by atoms with E-state index in [-0.39, 0.29) is 11.8 Å². The fraction of sp³-hybridized carbons (Fsp3) is 0.579. The third-order valence-electron chi connectivity index (χ3n) is 5.39. The SMILES string of the molecule is C[C@@H]1CN(C(=O)CCCN2C(=O)CCc3ccccc32)C[C@H]1CN. The standard InChI is InChI=1S/C19H27N3O2/c1-14-12-21(13-16(14)11-20)18(23)7-4-10-22-17-6-3-2-5-15(17)8-9-19(22)24/h2-3,5-6,14,16H,4,7-13,20H2,1H3/t14-,16-/m1/s1. The highest BCUT2D eigenvalue weighted by Crippen LogP contribution is 2.28. The highest BCUT2D eigenvalue weighted by Gasteiger charge is 2.31. The number of hydrogen-bond acceptors (Lipinski definition) is 3. The van der Waals surface area contributed by atoms with Crippen molar-refractivity contribution in [1.82, 2.24) is 4.90 Å². The van der Waals surface area contributed by atoms with Gasteiger partial charge in [-0.1, -0.05) is 25.1 Å². The molecule has 130 valence electrons. The monoisotopic (exact) mass is 329 g/mol. The number of aryl methyl sites for hydroxylation is 1. The number of amides is 2. The molecular formula is C19H27N3O2. The fourth-order valence-corrected chi connectivity index (χ4v) is 3.83. The van der Waals surface area contributed by atoms with E-state index >= 15 is 0 Å². The Hall–Kier alpha value is -1.88. The van der Waals surface area contributed by atoms with Crippen LogP contribution in [0.15, 0.2) is 24.3 Å². The van der Waals surface area contributed by atoms with Crippen molar-refractivity contribution in [3.8, 4) is 0 Å². The van der Waals surface area contributed by atoms with Crippen molar-refractivity contribution in [2.75, 3.05) is 31.1 Å². The molecule has 0 aliphatic carbocycles. The van der Waals surface area contributed by atoms with E-state index in [9.17, 15) is 9.59 Å². The number of likely N-dealkylation sites (tertiary alicyclic amines) is 1. The first-order valence-electron chi connectivity index (χ1n) is 8.96. The molecule has 0 aromatic heterocycles. The third kappa shape index (κ3) is 3.46. The smallest absolute Gasteiger partial charge is 0.227 e. The summed E-state index contributed by atoms with van der Waals surface area (Å²) in [6, 6.07) is 8.06. The summed E-state index contributed by atoms with van der Waals surface area (Å²) in [5.74, 6) is 1.26. The summed E-state index contributed by atoms with van der Waals surface area (Å²) in [5.41, 5.74) is 8.00. The van der Waals surface area contributed by atoms with Crippen LogP contribution in [0.1, 0.15) is 31.7 Å². The van der Waals surface area contributed by atoms with E-state index in [1.165, 1.54) is 5.56 Å². The number of rotatable bonds is 5. The minimum atomic E-state index is 0.166. The maximum absolute atomic E-state index is 12.4. The van der Waals surface area contributed by atoms with Crippen molar-refractivity contribution in [3.05, 3.63) is 29.8 Å². The van der Waals surface area contributed by atoms with Crippen molar-refractivity contribution in [2.45, 2.75) is 32.6 Å². The highest BCUT2D eigenvalue weighted by molar-refractivity contribution is 5.96. The van der Waals surface area contributed by atoms with E-state index in [1.54, 1.807) is 0 Å². The first kappa shape index (κ1) is 17.0. The van der Waals surface area contributed by atoms with Crippen LogP contribution in [0.25, 0.3) is 0 Å². The number of carbonyl (C=O) groups excluding carboxylic acids is 2. The number of para-hydroxylation sites is 1. The molecule has 1 aromatic rings. The zero-order valence-corrected chi connectivity index (χ0v) is 14.4. The summed E-state index contributed by atoms with van der Waals surface area (Å²) in [6.45, 7) is 5.01. The topological polar surface area (TPSA) is 66.6 Å². The van der Waals surface area contributed by atoms with Crippen LogP contribution in [0, 0.1) is 11.8 Å². The van der Waals surface area contributed by atoms with Crippen molar-refractivity contribution in [3.63, 3.8) is 0 Å². The molecule has 1 fully saturated rings. The van der Waals surface area contributed by atoms with Gasteiger partial charge in [0, 0.05) is 38.2 Å². The van der Waals surface area contributed by atoms with Gasteiger partial charge in [-0.15, -0.1) is 0 Å². The summed E-state index contributed by atoms with van der Waals surface area (Å²) in [4.78, 5) is 28.4. The zero-order chi connectivity index (χ0) is 17.1. The van der Waals surface area contributed by atoms with Crippen molar-refractivity contribution >= 4 is 17.5 Å². The average molecular weight is 329 g/mol. The van der Waals surface area contributed by atoms with E-state index in [0.29, 0.717) is 44.2 Å². The first-order chi connectivity index (χ1) is 11.6. The molecule has 0 bridgehead atoms. The molecular weight excluding hydrogens is 302 g/mol. The molecule has 0 spiro atoms. The number of nitrogens with two attached hydrogens (primary N) is 1. The predicted octanol–water partition coefficient (Wildman–Crippen LogP) is 1.80. The van der Waals surface area contributed by atoms with Crippen LogP contribution in [0.5, 0.6) is 0 Å². The Kier molecular flexibility index (Phi) is 5.19. The molecule has 0 radical (unpaired) electrons. The molecule has 1 aromatic carbocycles. The summed E-state index contributed by atoms with van der Waals surface area (Å²) >= 11 is 0. The Balaban J connectivity index is 1.53. The van der Waals surface area contributed by atoms with Crippen LogP contribution in [0.3, 0.4) is 0 Å². The quantitative estimate of drug-likeness (QED) is 0.896. The lowest BCUT2D eigenvalue weighted by Crippen LogP contribution is -2.36. The summed E-state index contributed by atoms with van der Waals surface area (Å²) in [6.07, 6.45) is 2.58. The lowest BCUT2D eigenvalue weighted by Gasteiger charge is -2.29. The Bertz CT molecular complexity index is 616. The van der Waals surface area contributed by atoms with E-state index in [2.05, 4.69) is 13.0 Å². The van der Waals surface area contributed by atoms with Crippen molar-refractivity contribution in [1.29, 1.82) is 0 Å². The normalized spacial score (nSPS) is 23.5. The van der Waals surface area contributed by atoms with Gasteiger partial charge in [0.25, 0.3) is 0 Å². The van der Waals surface area contributed by atoms with Crippen LogP contribution in [-0.2, 0) is 16.0 Å². The molecule has 5 nitrogen and oxygen atoms in total. The molecule has 24 heavy (non-hydrogen) atoms. The molecule has 1 saturated heterocycles. The molecule has 5 heteroatoms. The minimum absolute atomic E-state index is 0.166. The van der Waals surface area contributed by atoms with Crippen molar-refractivity contribution in [2.24, 2.45) is 17.6 Å². The van der Waals surface area contributed by atoms with Crippen LogP contribution >= 0.6 is 0 Å². The van der Waals surface area contributed by atoms with Gasteiger partial charge in [0.15, 0.2) is 0 Å². The minimum Gasteiger partial charge on any atom is -0.342 e. The molecule has 2 amide bonds. The van der Waals surface area contributed by atoms with E-state index in [0.717, 1.165) is 25.2 Å². The Labute approximate surface area is 143 Å².